The Bertz CT molecular complexity index is 1280. The molecular weight excluding hydrogens is 475 g/mol. The van der Waals surface area contributed by atoms with Crippen molar-refractivity contribution < 1.29 is 4.79 Å². The summed E-state index contributed by atoms with van der Waals surface area (Å²) in [5.74, 6) is 2.82. The predicted octanol–water partition coefficient (Wildman–Crippen LogP) is 6.57. The van der Waals surface area contributed by atoms with Crippen molar-refractivity contribution in [2.24, 2.45) is 23.2 Å². The monoisotopic (exact) mass is 498 g/mol. The molecule has 1 aromatic heterocycles. The van der Waals surface area contributed by atoms with Gasteiger partial charge < -0.3 is 0 Å². The number of hydrogen-bond donors (Lipinski definition) is 0. The molecule has 0 atom stereocenters. The summed E-state index contributed by atoms with van der Waals surface area (Å²) < 4.78 is 1.59. The number of nitrogens with zero attached hydrogens (tertiary/aromatic N) is 2. The molecular formula is C26H24Cl2N2O2S. The van der Waals surface area contributed by atoms with Crippen molar-refractivity contribution in [2.75, 3.05) is 5.75 Å². The quantitative estimate of drug-likeness (QED) is 0.294. The SMILES string of the molecule is O=C(CSc1nc2cc(Cl)ccc2c(=O)n1-c1ccc(Cl)cc1)C12CC3CC(CC(C3)C1)C2. The minimum Gasteiger partial charge on any atom is -0.298 e. The molecule has 4 bridgehead atoms. The number of thioether (sulfide) groups is 1. The minimum atomic E-state index is -0.177. The molecule has 0 aliphatic heterocycles. The third-order valence-electron chi connectivity index (χ3n) is 7.85. The van der Waals surface area contributed by atoms with Gasteiger partial charge in [0, 0.05) is 15.5 Å². The Labute approximate surface area is 206 Å². The van der Waals surface area contributed by atoms with E-state index in [2.05, 4.69) is 0 Å². The van der Waals surface area contributed by atoms with Gasteiger partial charge in [0.2, 0.25) is 0 Å². The fraction of sp³-hybridized carbons (Fsp3) is 0.423. The number of halogens is 2. The van der Waals surface area contributed by atoms with Crippen LogP contribution in [-0.2, 0) is 4.79 Å². The number of carbonyl (C=O) groups excluding carboxylic acids is 1. The van der Waals surface area contributed by atoms with Gasteiger partial charge in [0.1, 0.15) is 5.78 Å². The predicted molar refractivity (Wildman–Crippen MR) is 134 cm³/mol. The molecule has 7 rings (SSSR count). The topological polar surface area (TPSA) is 52.0 Å². The van der Waals surface area contributed by atoms with E-state index >= 15 is 0 Å². The van der Waals surface area contributed by atoms with E-state index in [0.717, 1.165) is 37.0 Å². The van der Waals surface area contributed by atoms with Crippen LogP contribution in [0.15, 0.2) is 52.4 Å². The third-order valence-corrected chi connectivity index (χ3v) is 9.27. The fourth-order valence-corrected chi connectivity index (χ4v) is 8.13. The number of ketones is 1. The highest BCUT2D eigenvalue weighted by Crippen LogP contribution is 2.60. The molecule has 33 heavy (non-hydrogen) atoms. The van der Waals surface area contributed by atoms with Crippen molar-refractivity contribution in [2.45, 2.75) is 43.7 Å². The summed E-state index contributed by atoms with van der Waals surface area (Å²) in [6.45, 7) is 0. The Morgan fingerprint density at radius 2 is 1.58 bits per heavy atom. The lowest BCUT2D eigenvalue weighted by Crippen LogP contribution is -2.50. The number of fused-ring (bicyclic) bond motifs is 1. The molecule has 2 aromatic carbocycles. The summed E-state index contributed by atoms with van der Waals surface area (Å²) in [7, 11) is 0. The first-order valence-electron chi connectivity index (χ1n) is 11.5. The molecule has 0 N–H and O–H groups in total. The van der Waals surface area contributed by atoms with Gasteiger partial charge in [-0.15, -0.1) is 0 Å². The summed E-state index contributed by atoms with van der Waals surface area (Å²) in [5.41, 5.74) is 0.887. The molecule has 1 heterocycles. The van der Waals surface area contributed by atoms with Crippen molar-refractivity contribution in [3.8, 4) is 5.69 Å². The first-order valence-corrected chi connectivity index (χ1v) is 13.3. The van der Waals surface area contributed by atoms with Gasteiger partial charge in [-0.25, -0.2) is 4.98 Å². The molecule has 4 fully saturated rings. The van der Waals surface area contributed by atoms with Gasteiger partial charge in [-0.2, -0.15) is 0 Å². The van der Waals surface area contributed by atoms with Gasteiger partial charge in [-0.3, -0.25) is 14.2 Å². The van der Waals surface area contributed by atoms with Crippen LogP contribution in [0, 0.1) is 23.2 Å². The van der Waals surface area contributed by atoms with Crippen LogP contribution in [0.2, 0.25) is 10.0 Å². The van der Waals surface area contributed by atoms with Crippen LogP contribution in [0.3, 0.4) is 0 Å². The smallest absolute Gasteiger partial charge is 0.266 e. The molecule has 4 aliphatic rings. The summed E-state index contributed by atoms with van der Waals surface area (Å²) in [6.07, 6.45) is 7.06. The molecule has 0 radical (unpaired) electrons. The maximum atomic E-state index is 13.6. The van der Waals surface area contributed by atoms with E-state index in [-0.39, 0.29) is 11.0 Å². The van der Waals surface area contributed by atoms with Crippen LogP contribution in [0.5, 0.6) is 0 Å². The lowest BCUT2D eigenvalue weighted by molar-refractivity contribution is -0.141. The molecule has 0 saturated heterocycles. The lowest BCUT2D eigenvalue weighted by atomic mass is 9.48. The second-order valence-electron chi connectivity index (χ2n) is 10.1. The Morgan fingerprint density at radius 1 is 0.970 bits per heavy atom. The van der Waals surface area contributed by atoms with Gasteiger partial charge >= 0.3 is 0 Å². The first kappa shape index (κ1) is 21.7. The normalized spacial score (nSPS) is 27.9. The van der Waals surface area contributed by atoms with Gasteiger partial charge in [0.05, 0.1) is 22.3 Å². The Kier molecular flexibility index (Phi) is 5.35. The van der Waals surface area contributed by atoms with Crippen molar-refractivity contribution >= 4 is 51.6 Å². The Morgan fingerprint density at radius 3 is 2.21 bits per heavy atom. The van der Waals surface area contributed by atoms with Gasteiger partial charge in [-0.1, -0.05) is 35.0 Å². The van der Waals surface area contributed by atoms with Crippen LogP contribution in [0.25, 0.3) is 16.6 Å². The highest BCUT2D eigenvalue weighted by molar-refractivity contribution is 7.99. The van der Waals surface area contributed by atoms with Crippen LogP contribution >= 0.6 is 35.0 Å². The number of hydrogen-bond acceptors (Lipinski definition) is 4. The zero-order valence-electron chi connectivity index (χ0n) is 18.1. The minimum absolute atomic E-state index is 0.159. The number of Topliss-reactive ketones (excluding diaryl/α,β-unsaturated/α-hetero) is 1. The Balaban J connectivity index is 1.36. The molecule has 0 unspecified atom stereocenters. The molecule has 170 valence electrons. The zero-order valence-corrected chi connectivity index (χ0v) is 20.4. The number of benzene rings is 2. The molecule has 0 spiro atoms. The second kappa shape index (κ2) is 8.14. The van der Waals surface area contributed by atoms with E-state index in [9.17, 15) is 9.59 Å². The molecule has 4 aliphatic carbocycles. The van der Waals surface area contributed by atoms with Crippen LogP contribution in [0.4, 0.5) is 0 Å². The van der Waals surface area contributed by atoms with Crippen molar-refractivity contribution in [1.29, 1.82) is 0 Å². The maximum absolute atomic E-state index is 13.6. The molecule has 4 saturated carbocycles. The van der Waals surface area contributed by atoms with Gasteiger partial charge in [-0.05, 0) is 98.7 Å². The van der Waals surface area contributed by atoms with E-state index in [4.69, 9.17) is 28.2 Å². The van der Waals surface area contributed by atoms with Gasteiger partial charge in [0.15, 0.2) is 5.16 Å². The largest absolute Gasteiger partial charge is 0.298 e. The number of aromatic nitrogens is 2. The number of carbonyl (C=O) groups is 1. The summed E-state index contributed by atoms with van der Waals surface area (Å²) in [4.78, 5) is 31.8. The molecule has 7 heteroatoms. The van der Waals surface area contributed by atoms with Gasteiger partial charge in [0.25, 0.3) is 5.56 Å². The standard InChI is InChI=1S/C26H24Cl2N2O2S/c27-18-1-4-20(5-2-18)30-24(32)21-6-3-19(28)10-22(21)29-25(30)33-14-23(31)26-11-15-7-16(12-26)9-17(8-15)13-26/h1-6,10,15-17H,7-9,11-14H2. The van der Waals surface area contributed by atoms with Crippen molar-refractivity contribution in [3.05, 3.63) is 62.9 Å². The first-order chi connectivity index (χ1) is 15.9. The Hall–Kier alpha value is -1.82. The fourth-order valence-electron chi connectivity index (χ4n) is 6.79. The van der Waals surface area contributed by atoms with Crippen LogP contribution < -0.4 is 5.56 Å². The highest BCUT2D eigenvalue weighted by atomic mass is 35.5. The summed E-state index contributed by atoms with van der Waals surface area (Å²) in [5, 5.41) is 2.12. The lowest BCUT2D eigenvalue weighted by Gasteiger charge is -2.56. The maximum Gasteiger partial charge on any atom is 0.266 e. The number of rotatable bonds is 5. The summed E-state index contributed by atoms with van der Waals surface area (Å²) >= 11 is 13.6. The summed E-state index contributed by atoms with van der Waals surface area (Å²) in [6, 6.07) is 12.2. The molecule has 3 aromatic rings. The molecule has 0 amide bonds. The van der Waals surface area contributed by atoms with Crippen molar-refractivity contribution in [3.63, 3.8) is 0 Å². The van der Waals surface area contributed by atoms with E-state index in [1.165, 1.54) is 31.0 Å². The van der Waals surface area contributed by atoms with Crippen molar-refractivity contribution in [1.82, 2.24) is 9.55 Å². The average Bonchev–Trinajstić information content (AvgIpc) is 2.77. The average molecular weight is 499 g/mol. The van der Waals surface area contributed by atoms with E-state index in [1.807, 2.05) is 0 Å². The van der Waals surface area contributed by atoms with Crippen LogP contribution in [0.1, 0.15) is 38.5 Å². The molecule has 4 nitrogen and oxygen atoms in total. The van der Waals surface area contributed by atoms with Crippen LogP contribution in [-0.4, -0.2) is 21.1 Å². The van der Waals surface area contributed by atoms with E-state index < -0.39 is 0 Å². The van der Waals surface area contributed by atoms with E-state index in [0.29, 0.717) is 43.3 Å². The van der Waals surface area contributed by atoms with E-state index in [1.54, 1.807) is 47.0 Å². The second-order valence-corrected chi connectivity index (χ2v) is 11.9. The zero-order chi connectivity index (χ0) is 22.7. The highest BCUT2D eigenvalue weighted by Gasteiger charge is 2.54. The third kappa shape index (κ3) is 3.82.